The number of rotatable bonds is 7. The normalized spacial score (nSPS) is 12.4. The summed E-state index contributed by atoms with van der Waals surface area (Å²) in [5.41, 5.74) is 1.46. The van der Waals surface area contributed by atoms with Crippen LogP contribution in [0, 0.1) is 11.6 Å². The largest absolute Gasteiger partial charge is 0.313 e. The summed E-state index contributed by atoms with van der Waals surface area (Å²) in [5, 5.41) is 3.35. The lowest BCUT2D eigenvalue weighted by Crippen LogP contribution is -2.32. The lowest BCUT2D eigenvalue weighted by Gasteiger charge is -2.19. The average Bonchev–Trinajstić information content (AvgIpc) is 2.31. The standard InChI is InChI=1S/C15H21F2N/c1-4-8-18-13(9-11(2)3)10-12-6-5-7-14(16)15(12)17/h5-7,13,18H,2,4,8-10H2,1,3H3. The van der Waals surface area contributed by atoms with Crippen LogP contribution in [-0.4, -0.2) is 12.6 Å². The minimum Gasteiger partial charge on any atom is -0.313 e. The number of hydrogen-bond acceptors (Lipinski definition) is 1. The van der Waals surface area contributed by atoms with Gasteiger partial charge in [0.15, 0.2) is 11.6 Å². The summed E-state index contributed by atoms with van der Waals surface area (Å²) in [4.78, 5) is 0. The van der Waals surface area contributed by atoms with E-state index in [9.17, 15) is 8.78 Å². The minimum atomic E-state index is -0.780. The lowest BCUT2D eigenvalue weighted by molar-refractivity contribution is 0.468. The van der Waals surface area contributed by atoms with Gasteiger partial charge in [0.2, 0.25) is 0 Å². The highest BCUT2D eigenvalue weighted by Gasteiger charge is 2.14. The molecule has 0 aromatic heterocycles. The third kappa shape index (κ3) is 4.57. The Morgan fingerprint density at radius 1 is 1.39 bits per heavy atom. The molecule has 0 fully saturated rings. The zero-order valence-corrected chi connectivity index (χ0v) is 11.1. The summed E-state index contributed by atoms with van der Waals surface area (Å²) in [6.45, 7) is 8.77. The molecule has 0 radical (unpaired) electrons. The first-order valence-electron chi connectivity index (χ1n) is 6.35. The van der Waals surface area contributed by atoms with Crippen LogP contribution >= 0.6 is 0 Å². The van der Waals surface area contributed by atoms with Gasteiger partial charge < -0.3 is 5.32 Å². The number of benzene rings is 1. The van der Waals surface area contributed by atoms with Crippen molar-refractivity contribution in [3.63, 3.8) is 0 Å². The van der Waals surface area contributed by atoms with Crippen LogP contribution in [0.3, 0.4) is 0 Å². The van der Waals surface area contributed by atoms with Crippen molar-refractivity contribution >= 4 is 0 Å². The molecule has 0 heterocycles. The minimum absolute atomic E-state index is 0.110. The van der Waals surface area contributed by atoms with Crippen LogP contribution in [-0.2, 0) is 6.42 Å². The molecule has 0 spiro atoms. The number of hydrogen-bond donors (Lipinski definition) is 1. The molecule has 1 atom stereocenters. The summed E-state index contributed by atoms with van der Waals surface area (Å²) in [5.74, 6) is -1.51. The van der Waals surface area contributed by atoms with Crippen molar-refractivity contribution < 1.29 is 8.78 Å². The fraction of sp³-hybridized carbons (Fsp3) is 0.467. The van der Waals surface area contributed by atoms with E-state index in [1.54, 1.807) is 12.1 Å². The highest BCUT2D eigenvalue weighted by atomic mass is 19.2. The van der Waals surface area contributed by atoms with Crippen molar-refractivity contribution in [1.82, 2.24) is 5.32 Å². The molecule has 0 aliphatic carbocycles. The van der Waals surface area contributed by atoms with Crippen LogP contribution in [0.25, 0.3) is 0 Å². The van der Waals surface area contributed by atoms with Crippen LogP contribution < -0.4 is 5.32 Å². The second-order valence-corrected chi connectivity index (χ2v) is 4.73. The van der Waals surface area contributed by atoms with Gasteiger partial charge in [-0.1, -0.05) is 24.6 Å². The Balaban J connectivity index is 2.75. The average molecular weight is 253 g/mol. The van der Waals surface area contributed by atoms with Gasteiger partial charge in [0, 0.05) is 6.04 Å². The van der Waals surface area contributed by atoms with Gasteiger partial charge in [-0.3, -0.25) is 0 Å². The van der Waals surface area contributed by atoms with Crippen LogP contribution in [0.5, 0.6) is 0 Å². The highest BCUT2D eigenvalue weighted by Crippen LogP contribution is 2.15. The number of halogens is 2. The Morgan fingerprint density at radius 3 is 2.72 bits per heavy atom. The highest BCUT2D eigenvalue weighted by molar-refractivity contribution is 5.20. The maximum absolute atomic E-state index is 13.6. The first kappa shape index (κ1) is 14.8. The quantitative estimate of drug-likeness (QED) is 0.728. The Labute approximate surface area is 108 Å². The van der Waals surface area contributed by atoms with Crippen molar-refractivity contribution in [2.45, 2.75) is 39.2 Å². The van der Waals surface area contributed by atoms with E-state index in [2.05, 4.69) is 18.8 Å². The predicted molar refractivity (Wildman–Crippen MR) is 71.6 cm³/mol. The molecule has 1 N–H and O–H groups in total. The molecule has 0 saturated carbocycles. The summed E-state index contributed by atoms with van der Waals surface area (Å²) < 4.78 is 26.7. The van der Waals surface area contributed by atoms with E-state index in [1.807, 2.05) is 6.92 Å². The van der Waals surface area contributed by atoms with Crippen molar-refractivity contribution in [2.75, 3.05) is 6.54 Å². The predicted octanol–water partition coefficient (Wildman–Crippen LogP) is 3.84. The molecule has 0 aliphatic heterocycles. The summed E-state index contributed by atoms with van der Waals surface area (Å²) in [7, 11) is 0. The number of nitrogens with one attached hydrogen (secondary N) is 1. The Bertz CT molecular complexity index is 401. The zero-order chi connectivity index (χ0) is 13.5. The zero-order valence-electron chi connectivity index (χ0n) is 11.1. The van der Waals surface area contributed by atoms with Gasteiger partial charge in [0.05, 0.1) is 0 Å². The first-order valence-corrected chi connectivity index (χ1v) is 6.35. The van der Waals surface area contributed by atoms with E-state index in [0.29, 0.717) is 12.0 Å². The molecule has 1 aromatic carbocycles. The SMILES string of the molecule is C=C(C)CC(Cc1cccc(F)c1F)NCCC. The smallest absolute Gasteiger partial charge is 0.162 e. The van der Waals surface area contributed by atoms with Crippen molar-refractivity contribution in [1.29, 1.82) is 0 Å². The van der Waals surface area contributed by atoms with E-state index < -0.39 is 11.6 Å². The van der Waals surface area contributed by atoms with Crippen LogP contribution in [0.4, 0.5) is 8.78 Å². The monoisotopic (exact) mass is 253 g/mol. The Morgan fingerprint density at radius 2 is 2.11 bits per heavy atom. The third-order valence-electron chi connectivity index (χ3n) is 2.78. The molecule has 1 unspecified atom stereocenters. The maximum Gasteiger partial charge on any atom is 0.162 e. The molecule has 18 heavy (non-hydrogen) atoms. The Hall–Kier alpha value is -1.22. The fourth-order valence-electron chi connectivity index (χ4n) is 1.96. The molecule has 1 rings (SSSR count). The Kier molecular flexibility index (Phi) is 5.99. The van der Waals surface area contributed by atoms with Crippen molar-refractivity contribution in [3.8, 4) is 0 Å². The molecular formula is C15H21F2N. The molecule has 100 valence electrons. The molecule has 1 nitrogen and oxygen atoms in total. The second-order valence-electron chi connectivity index (χ2n) is 4.73. The third-order valence-corrected chi connectivity index (χ3v) is 2.78. The fourth-order valence-corrected chi connectivity index (χ4v) is 1.96. The van der Waals surface area contributed by atoms with Gasteiger partial charge in [0.1, 0.15) is 0 Å². The van der Waals surface area contributed by atoms with Gasteiger partial charge in [0.25, 0.3) is 0 Å². The van der Waals surface area contributed by atoms with Gasteiger partial charge in [-0.25, -0.2) is 8.78 Å². The van der Waals surface area contributed by atoms with Crippen LogP contribution in [0.15, 0.2) is 30.4 Å². The van der Waals surface area contributed by atoms with E-state index in [-0.39, 0.29) is 6.04 Å². The molecule has 3 heteroatoms. The summed E-state index contributed by atoms with van der Waals surface area (Å²) in [6.07, 6.45) is 2.27. The molecule has 0 saturated heterocycles. The van der Waals surface area contributed by atoms with E-state index >= 15 is 0 Å². The summed E-state index contributed by atoms with van der Waals surface area (Å²) >= 11 is 0. The summed E-state index contributed by atoms with van der Waals surface area (Å²) in [6, 6.07) is 4.44. The molecular weight excluding hydrogens is 232 g/mol. The van der Waals surface area contributed by atoms with Gasteiger partial charge in [-0.2, -0.15) is 0 Å². The maximum atomic E-state index is 13.6. The molecule has 1 aromatic rings. The topological polar surface area (TPSA) is 12.0 Å². The lowest BCUT2D eigenvalue weighted by atomic mass is 9.99. The van der Waals surface area contributed by atoms with Gasteiger partial charge in [-0.05, 0) is 44.4 Å². The molecule has 0 amide bonds. The van der Waals surface area contributed by atoms with Gasteiger partial charge >= 0.3 is 0 Å². The van der Waals surface area contributed by atoms with Crippen molar-refractivity contribution in [3.05, 3.63) is 47.5 Å². The van der Waals surface area contributed by atoms with Gasteiger partial charge in [-0.15, -0.1) is 6.58 Å². The molecule has 0 aliphatic rings. The van der Waals surface area contributed by atoms with Crippen LogP contribution in [0.2, 0.25) is 0 Å². The van der Waals surface area contributed by atoms with E-state index in [0.717, 1.165) is 31.0 Å². The first-order chi connectivity index (χ1) is 8.54. The van der Waals surface area contributed by atoms with Crippen LogP contribution in [0.1, 0.15) is 32.3 Å². The second kappa shape index (κ2) is 7.27. The van der Waals surface area contributed by atoms with Crippen molar-refractivity contribution in [2.24, 2.45) is 0 Å². The van der Waals surface area contributed by atoms with E-state index in [1.165, 1.54) is 0 Å². The van der Waals surface area contributed by atoms with E-state index in [4.69, 9.17) is 0 Å². The molecule has 0 bridgehead atoms.